The van der Waals surface area contributed by atoms with E-state index in [1.807, 2.05) is 24.3 Å². The smallest absolute Gasteiger partial charge is 0.192 e. The van der Waals surface area contributed by atoms with Gasteiger partial charge in [0, 0.05) is 0 Å². The lowest BCUT2D eigenvalue weighted by Gasteiger charge is -2.03. The molecular formula is C27H45Cl4N. The van der Waals surface area contributed by atoms with E-state index in [2.05, 4.69) is 13.8 Å². The molecule has 0 aliphatic heterocycles. The average Bonchev–Trinajstić information content (AvgIpc) is 2.80. The maximum absolute atomic E-state index is 8.29. The summed E-state index contributed by atoms with van der Waals surface area (Å²) in [5, 5.41) is 8.29. The van der Waals surface area contributed by atoms with E-state index in [-0.39, 0.29) is 5.88 Å². The summed E-state index contributed by atoms with van der Waals surface area (Å²) in [6, 6.07) is 11.2. The van der Waals surface area contributed by atoms with Gasteiger partial charge in [0.05, 0.1) is 17.5 Å². The Kier molecular flexibility index (Phi) is 28.8. The highest BCUT2D eigenvalue weighted by atomic mass is 35.6. The van der Waals surface area contributed by atoms with Gasteiger partial charge in [0.15, 0.2) is 0 Å². The van der Waals surface area contributed by atoms with Crippen LogP contribution in [0.2, 0.25) is 0 Å². The van der Waals surface area contributed by atoms with Gasteiger partial charge in [0.25, 0.3) is 0 Å². The zero-order valence-corrected chi connectivity index (χ0v) is 23.4. The topological polar surface area (TPSA) is 23.8 Å². The molecule has 1 nitrogen and oxygen atoms in total. The van der Waals surface area contributed by atoms with E-state index in [4.69, 9.17) is 51.7 Å². The average molecular weight is 525 g/mol. The van der Waals surface area contributed by atoms with E-state index in [0.717, 1.165) is 0 Å². The summed E-state index contributed by atoms with van der Waals surface area (Å²) in [7, 11) is 0. The van der Waals surface area contributed by atoms with Crippen LogP contribution in [-0.4, -0.2) is 9.67 Å². The summed E-state index contributed by atoms with van der Waals surface area (Å²) < 4.78 is -1.28. The molecule has 0 N–H and O–H groups in total. The van der Waals surface area contributed by atoms with Crippen LogP contribution < -0.4 is 0 Å². The number of alkyl halides is 4. The molecule has 0 amide bonds. The van der Waals surface area contributed by atoms with Crippen LogP contribution in [0.3, 0.4) is 0 Å². The van der Waals surface area contributed by atoms with E-state index in [9.17, 15) is 0 Å². The fraction of sp³-hybridized carbons (Fsp3) is 0.741. The predicted octanol–water partition coefficient (Wildman–Crippen LogP) is 11.4. The van der Waals surface area contributed by atoms with Crippen molar-refractivity contribution in [3.63, 3.8) is 0 Å². The molecule has 0 spiro atoms. The highest BCUT2D eigenvalue weighted by Gasteiger charge is 2.16. The van der Waals surface area contributed by atoms with E-state index in [1.54, 1.807) is 12.1 Å². The van der Waals surface area contributed by atoms with Crippen molar-refractivity contribution in [3.05, 3.63) is 35.9 Å². The molecule has 0 saturated carbocycles. The first kappa shape index (κ1) is 34.0. The third kappa shape index (κ3) is 32.1. The lowest BCUT2D eigenvalue weighted by atomic mass is 10.0. The van der Waals surface area contributed by atoms with Crippen LogP contribution >= 0.6 is 46.4 Å². The Hall–Kier alpha value is -0.130. The number of nitriles is 1. The minimum Gasteiger partial charge on any atom is -0.192 e. The van der Waals surface area contributed by atoms with Gasteiger partial charge in [-0.05, 0) is 12.1 Å². The van der Waals surface area contributed by atoms with Crippen LogP contribution in [0, 0.1) is 11.3 Å². The maximum atomic E-state index is 8.29. The van der Waals surface area contributed by atoms with Gasteiger partial charge in [-0.2, -0.15) is 5.26 Å². The summed E-state index contributed by atoms with van der Waals surface area (Å²) in [5.41, 5.74) is 0.715. The fourth-order valence-electron chi connectivity index (χ4n) is 3.13. The molecule has 0 saturated heterocycles. The first-order valence-corrected chi connectivity index (χ1v) is 14.2. The number of nitrogens with zero attached hydrogens (tertiary/aromatic N) is 1. The number of hydrogen-bond acceptors (Lipinski definition) is 1. The number of halogens is 4. The Balaban J connectivity index is 0. The molecule has 5 heteroatoms. The number of rotatable bonds is 15. The van der Waals surface area contributed by atoms with Crippen LogP contribution in [0.5, 0.6) is 0 Å². The summed E-state index contributed by atoms with van der Waals surface area (Å²) in [4.78, 5) is 0. The number of hydrogen-bond donors (Lipinski definition) is 0. The molecule has 0 radical (unpaired) electrons. The van der Waals surface area contributed by atoms with Crippen LogP contribution in [0.25, 0.3) is 0 Å². The number of unbranched alkanes of at least 4 members (excludes halogenated alkanes) is 15. The first-order valence-electron chi connectivity index (χ1n) is 12.5. The second kappa shape index (κ2) is 27.1. The zero-order chi connectivity index (χ0) is 24.3. The van der Waals surface area contributed by atoms with Gasteiger partial charge in [-0.25, -0.2) is 0 Å². The van der Waals surface area contributed by atoms with E-state index in [1.165, 1.54) is 103 Å². The van der Waals surface area contributed by atoms with Crippen LogP contribution in [0.4, 0.5) is 0 Å². The Morgan fingerprint density at radius 2 is 0.906 bits per heavy atom. The predicted molar refractivity (Wildman–Crippen MR) is 147 cm³/mol. The quantitative estimate of drug-likeness (QED) is 0.165. The van der Waals surface area contributed by atoms with Crippen molar-refractivity contribution < 1.29 is 0 Å². The molecule has 0 bridgehead atoms. The SMILES string of the molecule is CCCCCCCCCCCCCCCCCC.ClCC(Cl)(Cl)Cl.N#Cc1ccccc1. The van der Waals surface area contributed by atoms with Crippen LogP contribution in [0.1, 0.15) is 122 Å². The standard InChI is InChI=1S/C18H38.C7H5N.C2H2Cl4/c1-3-5-7-9-11-13-15-17-18-16-14-12-10-8-6-4-2;8-6-7-4-2-1-3-5-7;3-1-2(4,5)6/h3-18H2,1-2H3;1-5H;1H2. The third-order valence-corrected chi connectivity index (χ3v) is 6.22. The highest BCUT2D eigenvalue weighted by Crippen LogP contribution is 2.26. The van der Waals surface area contributed by atoms with Crippen molar-refractivity contribution in [2.75, 3.05) is 5.88 Å². The second-order valence-electron chi connectivity index (χ2n) is 8.18. The zero-order valence-electron chi connectivity index (χ0n) is 20.4. The van der Waals surface area contributed by atoms with Gasteiger partial charge in [-0.15, -0.1) is 11.6 Å². The Morgan fingerprint density at radius 1 is 0.625 bits per heavy atom. The normalized spacial score (nSPS) is 10.4. The van der Waals surface area contributed by atoms with E-state index < -0.39 is 3.79 Å². The van der Waals surface area contributed by atoms with E-state index in [0.29, 0.717) is 5.56 Å². The minimum absolute atomic E-state index is 0.0394. The van der Waals surface area contributed by atoms with Gasteiger partial charge in [-0.3, -0.25) is 0 Å². The molecule has 0 heterocycles. The molecule has 1 aromatic carbocycles. The number of benzene rings is 1. The summed E-state index contributed by atoms with van der Waals surface area (Å²) in [6.07, 6.45) is 23.4. The van der Waals surface area contributed by atoms with Crippen molar-refractivity contribution in [2.45, 2.75) is 120 Å². The Labute approximate surface area is 219 Å². The molecule has 0 aliphatic rings. The molecule has 0 aromatic heterocycles. The van der Waals surface area contributed by atoms with Crippen molar-refractivity contribution in [1.82, 2.24) is 0 Å². The van der Waals surface area contributed by atoms with Crippen LogP contribution in [0.15, 0.2) is 30.3 Å². The van der Waals surface area contributed by atoms with Crippen molar-refractivity contribution >= 4 is 46.4 Å². The van der Waals surface area contributed by atoms with E-state index >= 15 is 0 Å². The van der Waals surface area contributed by atoms with Gasteiger partial charge < -0.3 is 0 Å². The minimum atomic E-state index is -1.28. The fourth-order valence-corrected chi connectivity index (χ4v) is 3.13. The van der Waals surface area contributed by atoms with Gasteiger partial charge >= 0.3 is 0 Å². The first-order chi connectivity index (χ1) is 15.4. The van der Waals surface area contributed by atoms with Crippen LogP contribution in [-0.2, 0) is 0 Å². The van der Waals surface area contributed by atoms with Gasteiger partial charge in [0.1, 0.15) is 0 Å². The Bertz CT molecular complexity index is 493. The molecular weight excluding hydrogens is 480 g/mol. The molecule has 1 rings (SSSR count). The maximum Gasteiger partial charge on any atom is 0.203 e. The summed E-state index contributed by atoms with van der Waals surface area (Å²) in [6.45, 7) is 4.59. The van der Waals surface area contributed by atoms with Crippen molar-refractivity contribution in [3.8, 4) is 6.07 Å². The largest absolute Gasteiger partial charge is 0.203 e. The molecule has 186 valence electrons. The second-order valence-corrected chi connectivity index (χ2v) is 11.0. The Morgan fingerprint density at radius 3 is 1.09 bits per heavy atom. The third-order valence-electron chi connectivity index (χ3n) is 5.01. The molecule has 1 aromatic rings. The molecule has 0 unspecified atom stereocenters. The molecule has 0 aliphatic carbocycles. The molecule has 32 heavy (non-hydrogen) atoms. The monoisotopic (exact) mass is 523 g/mol. The highest BCUT2D eigenvalue weighted by molar-refractivity contribution is 6.69. The summed E-state index contributed by atoms with van der Waals surface area (Å²) in [5.74, 6) is 0.0394. The lowest BCUT2D eigenvalue weighted by molar-refractivity contribution is 0.531. The molecule has 0 atom stereocenters. The van der Waals surface area contributed by atoms with Crippen molar-refractivity contribution in [2.24, 2.45) is 0 Å². The lowest BCUT2D eigenvalue weighted by Crippen LogP contribution is -2.01. The summed E-state index contributed by atoms with van der Waals surface area (Å²) >= 11 is 20.4. The van der Waals surface area contributed by atoms with Gasteiger partial charge in [-0.1, -0.05) is 170 Å². The van der Waals surface area contributed by atoms with Gasteiger partial charge in [0.2, 0.25) is 3.79 Å². The van der Waals surface area contributed by atoms with Crippen molar-refractivity contribution in [1.29, 1.82) is 5.26 Å². The molecule has 0 fully saturated rings.